The topological polar surface area (TPSA) is 37.3 Å². The number of hydrogen-bond acceptors (Lipinski definition) is 2. The third kappa shape index (κ3) is 3.90. The summed E-state index contributed by atoms with van der Waals surface area (Å²) < 4.78 is 18.7. The maximum Gasteiger partial charge on any atom is 0.216 e. The molecule has 1 aromatic carbocycles. The van der Waals surface area contributed by atoms with Crippen LogP contribution in [0.4, 0.5) is 0 Å². The molecule has 4 heteroatoms. The van der Waals surface area contributed by atoms with Gasteiger partial charge in [0.2, 0.25) is 10.1 Å². The Morgan fingerprint density at radius 3 is 2.58 bits per heavy atom. The van der Waals surface area contributed by atoms with E-state index in [0.717, 1.165) is 17.2 Å². The number of aryl methyl sites for hydroxylation is 1. The van der Waals surface area contributed by atoms with Crippen LogP contribution in [-0.2, 0) is 16.5 Å². The minimum absolute atomic E-state index is 0.688. The van der Waals surface area contributed by atoms with Crippen LogP contribution in [0.15, 0.2) is 30.3 Å². The summed E-state index contributed by atoms with van der Waals surface area (Å²) in [7, 11) is -0.669. The van der Waals surface area contributed by atoms with Crippen LogP contribution in [0, 0.1) is 0 Å². The molecule has 0 aliphatic heterocycles. The fourth-order valence-corrected chi connectivity index (χ4v) is 2.01. The Balaban J connectivity index is 2.29. The SMILES string of the molecule is O=S(O)SCCc1ccccc1. The van der Waals surface area contributed by atoms with Gasteiger partial charge in [0.15, 0.2) is 0 Å². The van der Waals surface area contributed by atoms with Gasteiger partial charge in [-0.15, -0.1) is 0 Å². The van der Waals surface area contributed by atoms with Gasteiger partial charge in [-0.3, -0.25) is 4.55 Å². The highest BCUT2D eigenvalue weighted by molar-refractivity contribution is 8.67. The van der Waals surface area contributed by atoms with Gasteiger partial charge in [0.05, 0.1) is 0 Å². The first kappa shape index (κ1) is 9.77. The molecule has 0 bridgehead atoms. The standard InChI is InChI=1S/C8H10O2S2/c9-12(10)11-7-6-8-4-2-1-3-5-8/h1-5H,6-7H2,(H,9,10). The Bertz CT molecular complexity index is 248. The molecule has 0 fully saturated rings. The van der Waals surface area contributed by atoms with E-state index in [-0.39, 0.29) is 0 Å². The third-order valence-electron chi connectivity index (χ3n) is 1.42. The molecule has 0 radical (unpaired) electrons. The summed E-state index contributed by atoms with van der Waals surface area (Å²) >= 11 is 0. The summed E-state index contributed by atoms with van der Waals surface area (Å²) in [4.78, 5) is 0. The molecule has 0 aromatic heterocycles. The van der Waals surface area contributed by atoms with Gasteiger partial charge in [0, 0.05) is 5.75 Å². The molecule has 0 amide bonds. The lowest BCUT2D eigenvalue weighted by Crippen LogP contribution is -1.89. The van der Waals surface area contributed by atoms with Crippen LogP contribution in [0.25, 0.3) is 0 Å². The zero-order valence-electron chi connectivity index (χ0n) is 6.47. The molecule has 1 atom stereocenters. The minimum atomic E-state index is -1.72. The predicted molar refractivity (Wildman–Crippen MR) is 53.4 cm³/mol. The van der Waals surface area contributed by atoms with Crippen molar-refractivity contribution in [2.75, 3.05) is 5.75 Å². The summed E-state index contributed by atoms with van der Waals surface area (Å²) in [6, 6.07) is 9.92. The fourth-order valence-electron chi connectivity index (χ4n) is 0.875. The number of rotatable bonds is 4. The summed E-state index contributed by atoms with van der Waals surface area (Å²) in [6.07, 6.45) is 0.845. The molecule has 0 aliphatic carbocycles. The van der Waals surface area contributed by atoms with Crippen LogP contribution in [0.1, 0.15) is 5.56 Å². The maximum absolute atomic E-state index is 10.3. The largest absolute Gasteiger partial charge is 0.298 e. The smallest absolute Gasteiger partial charge is 0.216 e. The second kappa shape index (κ2) is 5.35. The minimum Gasteiger partial charge on any atom is -0.298 e. The van der Waals surface area contributed by atoms with Gasteiger partial charge < -0.3 is 0 Å². The van der Waals surface area contributed by atoms with E-state index < -0.39 is 10.1 Å². The monoisotopic (exact) mass is 202 g/mol. The lowest BCUT2D eigenvalue weighted by molar-refractivity contribution is 0.581. The number of hydrogen-bond donors (Lipinski definition) is 1. The molecule has 1 unspecified atom stereocenters. The normalized spacial score (nSPS) is 12.8. The third-order valence-corrected chi connectivity index (χ3v) is 3.10. The lowest BCUT2D eigenvalue weighted by Gasteiger charge is -1.97. The molecular formula is C8H10O2S2. The van der Waals surface area contributed by atoms with Crippen molar-refractivity contribution >= 4 is 20.9 Å². The molecule has 1 aromatic rings. The summed E-state index contributed by atoms with van der Waals surface area (Å²) in [6.45, 7) is 0. The highest BCUT2D eigenvalue weighted by atomic mass is 33.1. The van der Waals surface area contributed by atoms with E-state index in [9.17, 15) is 4.21 Å². The molecule has 66 valence electrons. The molecule has 2 nitrogen and oxygen atoms in total. The summed E-state index contributed by atoms with van der Waals surface area (Å²) in [5.74, 6) is 0.688. The van der Waals surface area contributed by atoms with Crippen LogP contribution in [0.2, 0.25) is 0 Å². The first-order chi connectivity index (χ1) is 5.79. The van der Waals surface area contributed by atoms with Crippen molar-refractivity contribution in [3.05, 3.63) is 35.9 Å². The Labute approximate surface area is 78.1 Å². The maximum atomic E-state index is 10.3. The molecule has 1 rings (SSSR count). The van der Waals surface area contributed by atoms with Crippen molar-refractivity contribution in [3.63, 3.8) is 0 Å². The Morgan fingerprint density at radius 2 is 2.00 bits per heavy atom. The highest BCUT2D eigenvalue weighted by Crippen LogP contribution is 2.08. The molecular weight excluding hydrogens is 192 g/mol. The van der Waals surface area contributed by atoms with Crippen LogP contribution < -0.4 is 0 Å². The van der Waals surface area contributed by atoms with Crippen molar-refractivity contribution < 1.29 is 8.76 Å². The van der Waals surface area contributed by atoms with E-state index >= 15 is 0 Å². The van der Waals surface area contributed by atoms with Gasteiger partial charge in [-0.05, 0) is 22.8 Å². The van der Waals surface area contributed by atoms with Gasteiger partial charge >= 0.3 is 0 Å². The van der Waals surface area contributed by atoms with E-state index in [1.54, 1.807) is 0 Å². The molecule has 12 heavy (non-hydrogen) atoms. The average molecular weight is 202 g/mol. The molecule has 1 N–H and O–H groups in total. The molecule has 0 spiro atoms. The quantitative estimate of drug-likeness (QED) is 0.600. The Kier molecular flexibility index (Phi) is 4.35. The van der Waals surface area contributed by atoms with Crippen LogP contribution in [0.3, 0.4) is 0 Å². The summed E-state index contributed by atoms with van der Waals surface area (Å²) in [5.41, 5.74) is 1.20. The van der Waals surface area contributed by atoms with Gasteiger partial charge in [0.25, 0.3) is 0 Å². The molecule has 0 heterocycles. The van der Waals surface area contributed by atoms with Gasteiger partial charge in [-0.1, -0.05) is 30.3 Å². The van der Waals surface area contributed by atoms with Crippen molar-refractivity contribution in [1.29, 1.82) is 0 Å². The zero-order valence-corrected chi connectivity index (χ0v) is 8.11. The van der Waals surface area contributed by atoms with Crippen molar-refractivity contribution in [3.8, 4) is 0 Å². The molecule has 0 aliphatic rings. The highest BCUT2D eigenvalue weighted by Gasteiger charge is 1.95. The van der Waals surface area contributed by atoms with Gasteiger partial charge in [-0.2, -0.15) is 0 Å². The number of benzene rings is 1. The van der Waals surface area contributed by atoms with Crippen LogP contribution >= 0.6 is 10.8 Å². The predicted octanol–water partition coefficient (Wildman–Crippen LogP) is 2.10. The van der Waals surface area contributed by atoms with Crippen molar-refractivity contribution in [2.45, 2.75) is 6.42 Å². The Hall–Kier alpha value is -0.320. The fraction of sp³-hybridized carbons (Fsp3) is 0.250. The van der Waals surface area contributed by atoms with E-state index in [1.165, 1.54) is 5.56 Å². The average Bonchev–Trinajstić information content (AvgIpc) is 2.05. The van der Waals surface area contributed by atoms with Crippen molar-refractivity contribution in [2.24, 2.45) is 0 Å². The van der Waals surface area contributed by atoms with Gasteiger partial charge in [-0.25, -0.2) is 4.21 Å². The second-order valence-corrected chi connectivity index (χ2v) is 4.92. The van der Waals surface area contributed by atoms with Gasteiger partial charge in [0.1, 0.15) is 0 Å². The van der Waals surface area contributed by atoms with E-state index in [4.69, 9.17) is 4.55 Å². The lowest BCUT2D eigenvalue weighted by atomic mass is 10.2. The zero-order chi connectivity index (χ0) is 8.81. The van der Waals surface area contributed by atoms with Crippen LogP contribution in [0.5, 0.6) is 0 Å². The van der Waals surface area contributed by atoms with E-state index in [0.29, 0.717) is 5.75 Å². The second-order valence-electron chi connectivity index (χ2n) is 2.27. The summed E-state index contributed by atoms with van der Waals surface area (Å²) in [5, 5.41) is 0. The van der Waals surface area contributed by atoms with E-state index in [1.807, 2.05) is 30.3 Å². The molecule has 0 saturated heterocycles. The first-order valence-corrected chi connectivity index (χ1v) is 6.18. The molecule has 0 saturated carbocycles. The van der Waals surface area contributed by atoms with Crippen LogP contribution in [-0.4, -0.2) is 14.5 Å². The van der Waals surface area contributed by atoms with E-state index in [2.05, 4.69) is 0 Å². The Morgan fingerprint density at radius 1 is 1.33 bits per heavy atom. The van der Waals surface area contributed by atoms with Crippen molar-refractivity contribution in [1.82, 2.24) is 0 Å². The first-order valence-electron chi connectivity index (χ1n) is 3.57.